The van der Waals surface area contributed by atoms with Crippen molar-refractivity contribution < 1.29 is 4.79 Å². The molecule has 16 heavy (non-hydrogen) atoms. The van der Waals surface area contributed by atoms with Gasteiger partial charge in [0, 0.05) is 33.1 Å². The standard InChI is InChI=1S/C10H14ClN3O2/c1-7-12-8(11)6-10(16)14(7)5-4-9(15)13(2)3/h6H,4-5H2,1-3H3. The normalized spacial score (nSPS) is 10.2. The summed E-state index contributed by atoms with van der Waals surface area (Å²) in [5.74, 6) is 0.491. The fraction of sp³-hybridized carbons (Fsp3) is 0.500. The molecule has 1 heterocycles. The topological polar surface area (TPSA) is 55.2 Å². The molecule has 0 radical (unpaired) electrons. The second kappa shape index (κ2) is 5.12. The number of aromatic nitrogens is 2. The molecule has 0 saturated carbocycles. The lowest BCUT2D eigenvalue weighted by molar-refractivity contribution is -0.128. The molecule has 0 aliphatic rings. The minimum absolute atomic E-state index is 0.0266. The van der Waals surface area contributed by atoms with Crippen molar-refractivity contribution in [3.8, 4) is 0 Å². The van der Waals surface area contributed by atoms with E-state index in [1.54, 1.807) is 21.0 Å². The number of rotatable bonds is 3. The van der Waals surface area contributed by atoms with Gasteiger partial charge in [-0.25, -0.2) is 4.98 Å². The van der Waals surface area contributed by atoms with Gasteiger partial charge in [-0.15, -0.1) is 0 Å². The van der Waals surface area contributed by atoms with Crippen molar-refractivity contribution in [1.82, 2.24) is 14.5 Å². The van der Waals surface area contributed by atoms with Gasteiger partial charge in [0.25, 0.3) is 5.56 Å². The summed E-state index contributed by atoms with van der Waals surface area (Å²) >= 11 is 5.64. The Hall–Kier alpha value is -1.36. The lowest BCUT2D eigenvalue weighted by Gasteiger charge is -2.12. The van der Waals surface area contributed by atoms with E-state index >= 15 is 0 Å². The van der Waals surface area contributed by atoms with Crippen molar-refractivity contribution in [2.75, 3.05) is 14.1 Å². The molecule has 1 amide bonds. The summed E-state index contributed by atoms with van der Waals surface area (Å²) < 4.78 is 1.44. The molecule has 0 fully saturated rings. The van der Waals surface area contributed by atoms with Crippen LogP contribution < -0.4 is 5.56 Å². The molecule has 0 saturated heterocycles. The molecule has 1 aromatic heterocycles. The second-order valence-electron chi connectivity index (χ2n) is 3.65. The summed E-state index contributed by atoms with van der Waals surface area (Å²) in [6.07, 6.45) is 0.275. The summed E-state index contributed by atoms with van der Waals surface area (Å²) in [5.41, 5.74) is -0.232. The molecule has 0 aliphatic heterocycles. The Labute approximate surface area is 98.7 Å². The third kappa shape index (κ3) is 3.06. The van der Waals surface area contributed by atoms with E-state index in [1.165, 1.54) is 15.5 Å². The lowest BCUT2D eigenvalue weighted by atomic mass is 10.3. The molecule has 0 atom stereocenters. The average Bonchev–Trinajstić information content (AvgIpc) is 2.15. The maximum Gasteiger partial charge on any atom is 0.254 e. The van der Waals surface area contributed by atoms with Gasteiger partial charge in [0.2, 0.25) is 5.91 Å². The highest BCUT2D eigenvalue weighted by atomic mass is 35.5. The zero-order chi connectivity index (χ0) is 12.3. The van der Waals surface area contributed by atoms with E-state index in [1.807, 2.05) is 0 Å². The molecule has 6 heteroatoms. The van der Waals surface area contributed by atoms with Crippen LogP contribution >= 0.6 is 11.6 Å². The number of hydrogen-bond donors (Lipinski definition) is 0. The quantitative estimate of drug-likeness (QED) is 0.734. The van der Waals surface area contributed by atoms with Crippen molar-refractivity contribution in [1.29, 1.82) is 0 Å². The number of nitrogens with zero attached hydrogens (tertiary/aromatic N) is 3. The Morgan fingerprint density at radius 3 is 2.69 bits per heavy atom. The molecule has 0 bridgehead atoms. The zero-order valence-corrected chi connectivity index (χ0v) is 10.3. The highest BCUT2D eigenvalue weighted by Crippen LogP contribution is 2.02. The smallest absolute Gasteiger partial charge is 0.254 e. The summed E-state index contributed by atoms with van der Waals surface area (Å²) in [6.45, 7) is 2.01. The van der Waals surface area contributed by atoms with Gasteiger partial charge in [-0.3, -0.25) is 14.2 Å². The number of aryl methyl sites for hydroxylation is 1. The summed E-state index contributed by atoms with van der Waals surface area (Å²) in [5, 5.41) is 0.178. The minimum Gasteiger partial charge on any atom is -0.349 e. The molecule has 0 aromatic carbocycles. The first-order valence-corrected chi connectivity index (χ1v) is 5.23. The van der Waals surface area contributed by atoms with Crippen LogP contribution in [-0.4, -0.2) is 34.5 Å². The van der Waals surface area contributed by atoms with Crippen LogP contribution in [0.15, 0.2) is 10.9 Å². The van der Waals surface area contributed by atoms with Crippen LogP contribution in [-0.2, 0) is 11.3 Å². The summed E-state index contributed by atoms with van der Waals surface area (Å²) in [6, 6.07) is 1.24. The van der Waals surface area contributed by atoms with Gasteiger partial charge in [-0.1, -0.05) is 11.6 Å². The van der Waals surface area contributed by atoms with Gasteiger partial charge < -0.3 is 4.90 Å². The van der Waals surface area contributed by atoms with E-state index in [0.29, 0.717) is 12.4 Å². The first-order valence-electron chi connectivity index (χ1n) is 4.86. The maximum atomic E-state index is 11.6. The van der Waals surface area contributed by atoms with E-state index in [9.17, 15) is 9.59 Å². The third-order valence-corrected chi connectivity index (χ3v) is 2.41. The van der Waals surface area contributed by atoms with Crippen LogP contribution in [0.1, 0.15) is 12.2 Å². The van der Waals surface area contributed by atoms with Crippen LogP contribution in [0.4, 0.5) is 0 Å². The SMILES string of the molecule is Cc1nc(Cl)cc(=O)n1CCC(=O)N(C)C. The van der Waals surface area contributed by atoms with Crippen molar-refractivity contribution in [3.05, 3.63) is 27.4 Å². The predicted octanol–water partition coefficient (Wildman–Crippen LogP) is 0.683. The number of hydrogen-bond acceptors (Lipinski definition) is 3. The lowest BCUT2D eigenvalue weighted by Crippen LogP contribution is -2.28. The zero-order valence-electron chi connectivity index (χ0n) is 9.53. The largest absolute Gasteiger partial charge is 0.349 e. The van der Waals surface area contributed by atoms with E-state index in [-0.39, 0.29) is 23.0 Å². The Morgan fingerprint density at radius 1 is 1.56 bits per heavy atom. The Balaban J connectivity index is 2.83. The van der Waals surface area contributed by atoms with Gasteiger partial charge in [0.15, 0.2) is 0 Å². The Bertz CT molecular complexity index is 454. The van der Waals surface area contributed by atoms with E-state index < -0.39 is 0 Å². The molecular formula is C10H14ClN3O2. The van der Waals surface area contributed by atoms with Gasteiger partial charge in [-0.05, 0) is 6.92 Å². The first-order chi connectivity index (χ1) is 7.41. The maximum absolute atomic E-state index is 11.6. The van der Waals surface area contributed by atoms with Gasteiger partial charge >= 0.3 is 0 Å². The molecule has 1 rings (SSSR count). The number of carbonyl (C=O) groups is 1. The number of halogens is 1. The van der Waals surface area contributed by atoms with Crippen LogP contribution in [0.25, 0.3) is 0 Å². The highest BCUT2D eigenvalue weighted by Gasteiger charge is 2.08. The van der Waals surface area contributed by atoms with Crippen molar-refractivity contribution in [3.63, 3.8) is 0 Å². The fourth-order valence-corrected chi connectivity index (χ4v) is 1.51. The number of amides is 1. The molecule has 0 spiro atoms. The third-order valence-electron chi connectivity index (χ3n) is 2.22. The minimum atomic E-state index is -0.232. The van der Waals surface area contributed by atoms with E-state index in [2.05, 4.69) is 4.98 Å². The fourth-order valence-electron chi connectivity index (χ4n) is 1.29. The molecule has 0 aliphatic carbocycles. The molecule has 1 aromatic rings. The molecule has 88 valence electrons. The summed E-state index contributed by atoms with van der Waals surface area (Å²) in [4.78, 5) is 28.4. The average molecular weight is 244 g/mol. The predicted molar refractivity (Wildman–Crippen MR) is 61.6 cm³/mol. The molecule has 5 nitrogen and oxygen atoms in total. The van der Waals surface area contributed by atoms with Crippen LogP contribution in [0.2, 0.25) is 5.15 Å². The van der Waals surface area contributed by atoms with Crippen LogP contribution in [0.3, 0.4) is 0 Å². The molecule has 0 unspecified atom stereocenters. The van der Waals surface area contributed by atoms with E-state index in [0.717, 1.165) is 0 Å². The van der Waals surface area contributed by atoms with Gasteiger partial charge in [-0.2, -0.15) is 0 Å². The van der Waals surface area contributed by atoms with Crippen LogP contribution in [0, 0.1) is 6.92 Å². The van der Waals surface area contributed by atoms with E-state index in [4.69, 9.17) is 11.6 Å². The Morgan fingerprint density at radius 2 is 2.19 bits per heavy atom. The first kappa shape index (κ1) is 12.7. The van der Waals surface area contributed by atoms with Crippen molar-refractivity contribution >= 4 is 17.5 Å². The van der Waals surface area contributed by atoms with Crippen molar-refractivity contribution in [2.24, 2.45) is 0 Å². The molecule has 0 N–H and O–H groups in total. The Kier molecular flexibility index (Phi) is 4.06. The van der Waals surface area contributed by atoms with Crippen molar-refractivity contribution in [2.45, 2.75) is 19.9 Å². The highest BCUT2D eigenvalue weighted by molar-refractivity contribution is 6.29. The number of carbonyl (C=O) groups excluding carboxylic acids is 1. The van der Waals surface area contributed by atoms with Crippen LogP contribution in [0.5, 0.6) is 0 Å². The second-order valence-corrected chi connectivity index (χ2v) is 4.04. The summed E-state index contributed by atoms with van der Waals surface area (Å²) in [7, 11) is 3.36. The van der Waals surface area contributed by atoms with Gasteiger partial charge in [0.1, 0.15) is 11.0 Å². The van der Waals surface area contributed by atoms with Gasteiger partial charge in [0.05, 0.1) is 0 Å². The monoisotopic (exact) mass is 243 g/mol. The molecular weight excluding hydrogens is 230 g/mol.